The Balaban J connectivity index is 0.00000288. The van der Waals surface area contributed by atoms with E-state index >= 15 is 0 Å². The van der Waals surface area contributed by atoms with Crippen molar-refractivity contribution in [3.05, 3.63) is 17.5 Å². The molecular formula is C17H32Cl2N4O2. The maximum atomic E-state index is 12.3. The minimum Gasteiger partial charge on any atom is -0.384 e. The zero-order valence-electron chi connectivity index (χ0n) is 15.6. The number of ether oxygens (including phenoxy) is 1. The molecule has 1 aromatic heterocycles. The van der Waals surface area contributed by atoms with E-state index in [0.29, 0.717) is 19.6 Å². The van der Waals surface area contributed by atoms with Gasteiger partial charge in [-0.3, -0.25) is 9.48 Å². The summed E-state index contributed by atoms with van der Waals surface area (Å²) < 4.78 is 7.33. The number of halogens is 2. The lowest BCUT2D eigenvalue weighted by Gasteiger charge is -2.37. The molecule has 0 radical (unpaired) electrons. The number of nitrogens with zero attached hydrogens (tertiary/aromatic N) is 2. The van der Waals surface area contributed by atoms with E-state index in [1.165, 1.54) is 0 Å². The van der Waals surface area contributed by atoms with Gasteiger partial charge in [0.25, 0.3) is 0 Å². The number of carbonyl (C=O) groups excluding carboxylic acids is 1. The average Bonchev–Trinajstić information content (AvgIpc) is 2.85. The van der Waals surface area contributed by atoms with Gasteiger partial charge in [-0.15, -0.1) is 24.8 Å². The SMILES string of the molecule is COCC1(CNC(=O)CC(C)n2nc(C)cc2C)CCNCC1.Cl.Cl. The second-order valence-electron chi connectivity index (χ2n) is 6.88. The number of nitrogens with one attached hydrogen (secondary N) is 2. The van der Waals surface area contributed by atoms with Gasteiger partial charge in [-0.25, -0.2) is 0 Å². The molecule has 146 valence electrons. The summed E-state index contributed by atoms with van der Waals surface area (Å²) in [6.45, 7) is 9.39. The molecule has 0 saturated carbocycles. The number of aromatic nitrogens is 2. The van der Waals surface area contributed by atoms with E-state index < -0.39 is 0 Å². The average molecular weight is 395 g/mol. The Hall–Kier alpha value is -0.820. The first-order valence-corrected chi connectivity index (χ1v) is 8.45. The highest BCUT2D eigenvalue weighted by Gasteiger charge is 2.32. The molecule has 1 aromatic rings. The standard InChI is InChI=1S/C17H30N4O2.2ClH/c1-13-9-14(2)21(20-13)15(3)10-16(22)19-11-17(12-23-4)5-7-18-8-6-17;;/h9,15,18H,5-8,10-12H2,1-4H3,(H,19,22);2*1H. The third-order valence-corrected chi connectivity index (χ3v) is 4.72. The van der Waals surface area contributed by atoms with E-state index in [2.05, 4.69) is 15.7 Å². The first-order chi connectivity index (χ1) is 11.0. The van der Waals surface area contributed by atoms with Gasteiger partial charge in [-0.1, -0.05) is 0 Å². The van der Waals surface area contributed by atoms with Crippen LogP contribution in [0, 0.1) is 19.3 Å². The number of aryl methyl sites for hydroxylation is 2. The van der Waals surface area contributed by atoms with Crippen LogP contribution in [0.15, 0.2) is 6.07 Å². The summed E-state index contributed by atoms with van der Waals surface area (Å²) in [5, 5.41) is 10.9. The van der Waals surface area contributed by atoms with E-state index in [-0.39, 0.29) is 42.2 Å². The number of hydrogen-bond acceptors (Lipinski definition) is 4. The summed E-state index contributed by atoms with van der Waals surface area (Å²) in [6.07, 6.45) is 2.52. The van der Waals surface area contributed by atoms with Gasteiger partial charge < -0.3 is 15.4 Å². The largest absolute Gasteiger partial charge is 0.384 e. The monoisotopic (exact) mass is 394 g/mol. The van der Waals surface area contributed by atoms with Gasteiger partial charge in [0.2, 0.25) is 5.91 Å². The second kappa shape index (κ2) is 11.0. The Labute approximate surface area is 163 Å². The van der Waals surface area contributed by atoms with E-state index in [1.807, 2.05) is 31.5 Å². The van der Waals surface area contributed by atoms with Gasteiger partial charge in [-0.2, -0.15) is 5.10 Å². The molecule has 1 unspecified atom stereocenters. The fourth-order valence-corrected chi connectivity index (χ4v) is 3.44. The molecule has 1 atom stereocenters. The molecule has 1 aliphatic rings. The molecule has 1 aliphatic heterocycles. The van der Waals surface area contributed by atoms with Crippen LogP contribution < -0.4 is 10.6 Å². The van der Waals surface area contributed by atoms with E-state index in [4.69, 9.17) is 4.74 Å². The maximum Gasteiger partial charge on any atom is 0.222 e. The van der Waals surface area contributed by atoms with Crippen LogP contribution in [-0.4, -0.2) is 49.0 Å². The van der Waals surface area contributed by atoms with Crippen LogP contribution in [0.3, 0.4) is 0 Å². The van der Waals surface area contributed by atoms with Crippen molar-refractivity contribution in [2.75, 3.05) is 33.4 Å². The first-order valence-electron chi connectivity index (χ1n) is 8.45. The second-order valence-corrected chi connectivity index (χ2v) is 6.88. The maximum absolute atomic E-state index is 12.3. The molecule has 0 bridgehead atoms. The van der Waals surface area contributed by atoms with Gasteiger partial charge >= 0.3 is 0 Å². The summed E-state index contributed by atoms with van der Waals surface area (Å²) >= 11 is 0. The van der Waals surface area contributed by atoms with Crippen molar-refractivity contribution in [3.8, 4) is 0 Å². The summed E-state index contributed by atoms with van der Waals surface area (Å²) in [5.74, 6) is 0.0825. The minimum absolute atomic E-state index is 0. The number of piperidine rings is 1. The fourth-order valence-electron chi connectivity index (χ4n) is 3.44. The van der Waals surface area contributed by atoms with Gasteiger partial charge in [0.05, 0.1) is 18.3 Å². The van der Waals surface area contributed by atoms with Gasteiger partial charge in [-0.05, 0) is 52.8 Å². The zero-order valence-corrected chi connectivity index (χ0v) is 17.3. The predicted molar refractivity (Wildman–Crippen MR) is 105 cm³/mol. The number of carbonyl (C=O) groups is 1. The third-order valence-electron chi connectivity index (χ3n) is 4.72. The van der Waals surface area contributed by atoms with Crippen molar-refractivity contribution in [3.63, 3.8) is 0 Å². The number of methoxy groups -OCH3 is 1. The summed E-state index contributed by atoms with van der Waals surface area (Å²) in [7, 11) is 1.73. The molecule has 6 nitrogen and oxygen atoms in total. The Morgan fingerprint density at radius 3 is 2.56 bits per heavy atom. The van der Waals surface area contributed by atoms with Crippen molar-refractivity contribution in [2.45, 2.75) is 46.1 Å². The molecule has 2 N–H and O–H groups in total. The van der Waals surface area contributed by atoms with Crippen LogP contribution in [0.25, 0.3) is 0 Å². The van der Waals surface area contributed by atoms with Crippen molar-refractivity contribution in [2.24, 2.45) is 5.41 Å². The quantitative estimate of drug-likeness (QED) is 0.744. The van der Waals surface area contributed by atoms with Crippen LogP contribution in [0.2, 0.25) is 0 Å². The molecule has 2 rings (SSSR count). The minimum atomic E-state index is 0. The smallest absolute Gasteiger partial charge is 0.222 e. The van der Waals surface area contributed by atoms with Crippen LogP contribution in [0.4, 0.5) is 0 Å². The van der Waals surface area contributed by atoms with Crippen molar-refractivity contribution in [1.29, 1.82) is 0 Å². The summed E-state index contributed by atoms with van der Waals surface area (Å²) in [4.78, 5) is 12.3. The zero-order chi connectivity index (χ0) is 16.9. The third kappa shape index (κ3) is 6.77. The highest BCUT2D eigenvalue weighted by atomic mass is 35.5. The Morgan fingerprint density at radius 1 is 1.40 bits per heavy atom. The lowest BCUT2D eigenvalue weighted by Crippen LogP contribution is -2.47. The van der Waals surface area contributed by atoms with Gasteiger partial charge in [0, 0.05) is 31.2 Å². The molecular weight excluding hydrogens is 363 g/mol. The molecule has 1 fully saturated rings. The van der Waals surface area contributed by atoms with Crippen LogP contribution in [0.1, 0.15) is 43.6 Å². The van der Waals surface area contributed by atoms with Crippen molar-refractivity contribution < 1.29 is 9.53 Å². The lowest BCUT2D eigenvalue weighted by atomic mass is 9.79. The van der Waals surface area contributed by atoms with E-state index in [9.17, 15) is 4.79 Å². The number of amides is 1. The predicted octanol–water partition coefficient (Wildman–Crippen LogP) is 2.43. The fraction of sp³-hybridized carbons (Fsp3) is 0.765. The molecule has 25 heavy (non-hydrogen) atoms. The Morgan fingerprint density at radius 2 is 2.04 bits per heavy atom. The van der Waals surface area contributed by atoms with E-state index in [1.54, 1.807) is 7.11 Å². The molecule has 1 saturated heterocycles. The number of hydrogen-bond donors (Lipinski definition) is 2. The molecule has 1 amide bonds. The Bertz CT molecular complexity index is 525. The summed E-state index contributed by atoms with van der Waals surface area (Å²) in [5.41, 5.74) is 2.15. The first kappa shape index (κ1) is 24.2. The summed E-state index contributed by atoms with van der Waals surface area (Å²) in [6, 6.07) is 2.10. The van der Waals surface area contributed by atoms with Crippen LogP contribution in [0.5, 0.6) is 0 Å². The van der Waals surface area contributed by atoms with E-state index in [0.717, 1.165) is 37.3 Å². The highest BCUT2D eigenvalue weighted by Crippen LogP contribution is 2.28. The van der Waals surface area contributed by atoms with Gasteiger partial charge in [0.1, 0.15) is 0 Å². The lowest BCUT2D eigenvalue weighted by molar-refractivity contribution is -0.122. The van der Waals surface area contributed by atoms with Crippen LogP contribution >= 0.6 is 24.8 Å². The normalized spacial score (nSPS) is 17.1. The van der Waals surface area contributed by atoms with Gasteiger partial charge in [0.15, 0.2) is 0 Å². The van der Waals surface area contributed by atoms with Crippen molar-refractivity contribution >= 4 is 30.7 Å². The topological polar surface area (TPSA) is 68.2 Å². The van der Waals surface area contributed by atoms with Crippen molar-refractivity contribution in [1.82, 2.24) is 20.4 Å². The molecule has 0 aromatic carbocycles. The molecule has 2 heterocycles. The molecule has 0 aliphatic carbocycles. The Kier molecular flexibility index (Phi) is 10.7. The molecule has 0 spiro atoms. The van der Waals surface area contributed by atoms with Crippen LogP contribution in [-0.2, 0) is 9.53 Å². The molecule has 8 heteroatoms. The number of rotatable bonds is 7. The highest BCUT2D eigenvalue weighted by molar-refractivity contribution is 5.85.